The molecule has 1 N–H and O–H groups in total. The molecule has 0 aliphatic carbocycles. The van der Waals surface area contributed by atoms with Gasteiger partial charge in [0.2, 0.25) is 5.91 Å². The third-order valence-corrected chi connectivity index (χ3v) is 3.09. The molecule has 1 saturated heterocycles. The molecule has 0 spiro atoms. The highest BCUT2D eigenvalue weighted by atomic mass is 16.3. The number of rotatable bonds is 5. The highest BCUT2D eigenvalue weighted by Gasteiger charge is 2.27. The summed E-state index contributed by atoms with van der Waals surface area (Å²) < 4.78 is 5.26. The van der Waals surface area contributed by atoms with Gasteiger partial charge in [0.15, 0.2) is 0 Å². The minimum absolute atomic E-state index is 0.0687. The van der Waals surface area contributed by atoms with Crippen LogP contribution < -0.4 is 5.32 Å². The molecular weight excluding hydrogens is 230 g/mol. The Labute approximate surface area is 106 Å². The molecule has 1 atom stereocenters. The van der Waals surface area contributed by atoms with Crippen LogP contribution in [-0.4, -0.2) is 29.9 Å². The van der Waals surface area contributed by atoms with Crippen LogP contribution in [0.3, 0.4) is 0 Å². The summed E-state index contributed by atoms with van der Waals surface area (Å²) in [7, 11) is 0. The SMILES string of the molecule is N#CCCN(Cc1ccco1)C(=O)[C@@H]1CCCN1. The fourth-order valence-corrected chi connectivity index (χ4v) is 2.16. The minimum atomic E-state index is -0.0985. The van der Waals surface area contributed by atoms with E-state index in [1.165, 1.54) is 0 Å². The third-order valence-electron chi connectivity index (χ3n) is 3.09. The second-order valence-corrected chi connectivity index (χ2v) is 4.40. The third kappa shape index (κ3) is 3.11. The summed E-state index contributed by atoms with van der Waals surface area (Å²) >= 11 is 0. The Balaban J connectivity index is 1.99. The van der Waals surface area contributed by atoms with Gasteiger partial charge in [-0.05, 0) is 31.5 Å². The highest BCUT2D eigenvalue weighted by molar-refractivity contribution is 5.82. The Morgan fingerprint density at radius 2 is 2.56 bits per heavy atom. The van der Waals surface area contributed by atoms with Crippen molar-refractivity contribution in [3.63, 3.8) is 0 Å². The van der Waals surface area contributed by atoms with Gasteiger partial charge in [-0.2, -0.15) is 5.26 Å². The van der Waals surface area contributed by atoms with Crippen LogP contribution in [-0.2, 0) is 11.3 Å². The van der Waals surface area contributed by atoms with Crippen LogP contribution in [0.25, 0.3) is 0 Å². The Bertz CT molecular complexity index is 416. The first-order valence-electron chi connectivity index (χ1n) is 6.23. The monoisotopic (exact) mass is 247 g/mol. The Kier molecular flexibility index (Phi) is 4.37. The molecule has 1 amide bonds. The van der Waals surface area contributed by atoms with Crippen molar-refractivity contribution in [2.24, 2.45) is 0 Å². The van der Waals surface area contributed by atoms with Crippen molar-refractivity contribution in [2.45, 2.75) is 31.8 Å². The maximum absolute atomic E-state index is 12.3. The van der Waals surface area contributed by atoms with E-state index >= 15 is 0 Å². The molecule has 5 nitrogen and oxygen atoms in total. The van der Waals surface area contributed by atoms with E-state index in [4.69, 9.17) is 9.68 Å². The standard InChI is InChI=1S/C13H17N3O2/c14-6-3-8-16(10-11-4-2-9-18-11)13(17)12-5-1-7-15-12/h2,4,9,12,15H,1,3,5,7-8,10H2/t12-/m0/s1. The molecule has 2 heterocycles. The van der Waals surface area contributed by atoms with Crippen molar-refractivity contribution in [3.8, 4) is 6.07 Å². The van der Waals surface area contributed by atoms with E-state index in [0.29, 0.717) is 19.5 Å². The zero-order valence-corrected chi connectivity index (χ0v) is 10.3. The molecule has 1 aromatic rings. The van der Waals surface area contributed by atoms with Crippen molar-refractivity contribution < 1.29 is 9.21 Å². The van der Waals surface area contributed by atoms with Gasteiger partial charge in [-0.1, -0.05) is 0 Å². The van der Waals surface area contributed by atoms with Gasteiger partial charge in [0.1, 0.15) is 5.76 Å². The fourth-order valence-electron chi connectivity index (χ4n) is 2.16. The number of carbonyl (C=O) groups excluding carboxylic acids is 1. The molecule has 0 unspecified atom stereocenters. The summed E-state index contributed by atoms with van der Waals surface area (Å²) in [6.07, 6.45) is 3.85. The van der Waals surface area contributed by atoms with Crippen molar-refractivity contribution in [2.75, 3.05) is 13.1 Å². The molecule has 1 aliphatic rings. The van der Waals surface area contributed by atoms with Gasteiger partial charge in [0.25, 0.3) is 0 Å². The van der Waals surface area contributed by atoms with E-state index in [0.717, 1.165) is 25.1 Å². The van der Waals surface area contributed by atoms with Gasteiger partial charge in [0, 0.05) is 6.54 Å². The van der Waals surface area contributed by atoms with Crippen molar-refractivity contribution in [1.29, 1.82) is 5.26 Å². The van der Waals surface area contributed by atoms with E-state index in [1.54, 1.807) is 17.2 Å². The van der Waals surface area contributed by atoms with Crippen LogP contribution >= 0.6 is 0 Å². The largest absolute Gasteiger partial charge is 0.467 e. The summed E-state index contributed by atoms with van der Waals surface area (Å²) in [6, 6.07) is 5.62. The van der Waals surface area contributed by atoms with E-state index in [2.05, 4.69) is 11.4 Å². The lowest BCUT2D eigenvalue weighted by Gasteiger charge is -2.23. The lowest BCUT2D eigenvalue weighted by atomic mass is 10.2. The first-order valence-corrected chi connectivity index (χ1v) is 6.23. The molecule has 0 radical (unpaired) electrons. The van der Waals surface area contributed by atoms with Crippen LogP contribution in [0.2, 0.25) is 0 Å². The van der Waals surface area contributed by atoms with Crippen LogP contribution in [0, 0.1) is 11.3 Å². The van der Waals surface area contributed by atoms with E-state index in [-0.39, 0.29) is 11.9 Å². The summed E-state index contributed by atoms with van der Waals surface area (Å²) in [5.41, 5.74) is 0. The van der Waals surface area contributed by atoms with Gasteiger partial charge in [-0.15, -0.1) is 0 Å². The molecule has 0 bridgehead atoms. The number of hydrogen-bond donors (Lipinski definition) is 1. The first kappa shape index (κ1) is 12.7. The summed E-state index contributed by atoms with van der Waals surface area (Å²) in [4.78, 5) is 14.0. The highest BCUT2D eigenvalue weighted by Crippen LogP contribution is 2.12. The normalized spacial score (nSPS) is 18.5. The van der Waals surface area contributed by atoms with E-state index < -0.39 is 0 Å². The molecule has 2 rings (SSSR count). The number of nitriles is 1. The fraction of sp³-hybridized carbons (Fsp3) is 0.538. The number of amides is 1. The van der Waals surface area contributed by atoms with Crippen LogP contribution in [0.15, 0.2) is 22.8 Å². The topological polar surface area (TPSA) is 69.3 Å². The molecule has 0 aromatic carbocycles. The average molecular weight is 247 g/mol. The zero-order chi connectivity index (χ0) is 12.8. The molecule has 1 aromatic heterocycles. The summed E-state index contributed by atoms with van der Waals surface area (Å²) in [5.74, 6) is 0.818. The summed E-state index contributed by atoms with van der Waals surface area (Å²) in [6.45, 7) is 1.78. The van der Waals surface area contributed by atoms with E-state index in [9.17, 15) is 4.79 Å². The molecule has 5 heteroatoms. The average Bonchev–Trinajstić information content (AvgIpc) is 3.06. The minimum Gasteiger partial charge on any atom is -0.467 e. The molecule has 0 saturated carbocycles. The van der Waals surface area contributed by atoms with Gasteiger partial charge >= 0.3 is 0 Å². The number of hydrogen-bond acceptors (Lipinski definition) is 4. The second-order valence-electron chi connectivity index (χ2n) is 4.40. The first-order chi connectivity index (χ1) is 8.81. The maximum atomic E-state index is 12.3. The van der Waals surface area contributed by atoms with Crippen molar-refractivity contribution in [1.82, 2.24) is 10.2 Å². The Hall–Kier alpha value is -1.80. The Morgan fingerprint density at radius 3 is 3.17 bits per heavy atom. The number of carbonyl (C=O) groups is 1. The number of nitrogens with one attached hydrogen (secondary N) is 1. The maximum Gasteiger partial charge on any atom is 0.240 e. The molecule has 1 fully saturated rings. The lowest BCUT2D eigenvalue weighted by Crippen LogP contribution is -2.43. The van der Waals surface area contributed by atoms with E-state index in [1.807, 2.05) is 6.07 Å². The zero-order valence-electron chi connectivity index (χ0n) is 10.3. The smallest absolute Gasteiger partial charge is 0.240 e. The van der Waals surface area contributed by atoms with Crippen LogP contribution in [0.4, 0.5) is 0 Å². The Morgan fingerprint density at radius 1 is 1.67 bits per heavy atom. The lowest BCUT2D eigenvalue weighted by molar-refractivity contribution is -0.133. The molecule has 96 valence electrons. The number of furan rings is 1. The predicted molar refractivity (Wildman–Crippen MR) is 65.4 cm³/mol. The van der Waals surface area contributed by atoms with Crippen molar-refractivity contribution in [3.05, 3.63) is 24.2 Å². The molecule has 1 aliphatic heterocycles. The van der Waals surface area contributed by atoms with Gasteiger partial charge < -0.3 is 14.6 Å². The molecular formula is C13H17N3O2. The van der Waals surface area contributed by atoms with Crippen molar-refractivity contribution >= 4 is 5.91 Å². The van der Waals surface area contributed by atoms with Gasteiger partial charge in [0.05, 0.1) is 31.3 Å². The van der Waals surface area contributed by atoms with Gasteiger partial charge in [-0.25, -0.2) is 0 Å². The van der Waals surface area contributed by atoms with Gasteiger partial charge in [-0.3, -0.25) is 4.79 Å². The summed E-state index contributed by atoms with van der Waals surface area (Å²) in [5, 5.41) is 11.8. The predicted octanol–water partition coefficient (Wildman–Crippen LogP) is 1.27. The number of nitrogens with zero attached hydrogens (tertiary/aromatic N) is 2. The van der Waals surface area contributed by atoms with Crippen LogP contribution in [0.5, 0.6) is 0 Å². The van der Waals surface area contributed by atoms with Crippen LogP contribution in [0.1, 0.15) is 25.0 Å². The molecule has 18 heavy (non-hydrogen) atoms. The quantitative estimate of drug-likeness (QED) is 0.850. The second kappa shape index (κ2) is 6.22.